The van der Waals surface area contributed by atoms with Gasteiger partial charge in [-0.2, -0.15) is 18.3 Å². The second-order valence-electron chi connectivity index (χ2n) is 2.58. The Morgan fingerprint density at radius 3 is 2.64 bits per heavy atom. The quantitative estimate of drug-likeness (QED) is 0.619. The van der Waals surface area contributed by atoms with E-state index in [2.05, 4.69) is 22.0 Å². The molecule has 0 atom stereocenters. The number of nitrogens with zero attached hydrogens (tertiary/aromatic N) is 1. The summed E-state index contributed by atoms with van der Waals surface area (Å²) in [5.41, 5.74) is 4.23. The second-order valence-corrected chi connectivity index (χ2v) is 2.58. The minimum absolute atomic E-state index is 0.0158. The molecule has 0 aliphatic heterocycles. The molecule has 0 radical (unpaired) electrons. The predicted octanol–water partition coefficient (Wildman–Crippen LogP) is 1.05. The van der Waals surface area contributed by atoms with Crippen molar-refractivity contribution in [2.75, 3.05) is 6.54 Å². The Hall–Kier alpha value is -1.48. The van der Waals surface area contributed by atoms with Crippen molar-refractivity contribution in [2.45, 2.75) is 13.1 Å². The summed E-state index contributed by atoms with van der Waals surface area (Å²) in [7, 11) is 0. The van der Waals surface area contributed by atoms with E-state index in [1.54, 1.807) is 0 Å². The number of aromatic nitrogens is 2. The van der Waals surface area contributed by atoms with Crippen molar-refractivity contribution in [1.29, 1.82) is 0 Å². The SMILES string of the molecule is Cc1[nH]nc(C(F)(F)F)c1C#CCN. The van der Waals surface area contributed by atoms with Crippen molar-refractivity contribution in [3.8, 4) is 11.8 Å². The number of nitrogens with two attached hydrogens (primary N) is 1. The fraction of sp³-hybridized carbons (Fsp3) is 0.375. The monoisotopic (exact) mass is 203 g/mol. The zero-order valence-corrected chi connectivity index (χ0v) is 7.37. The number of rotatable bonds is 0. The van der Waals surface area contributed by atoms with Gasteiger partial charge in [-0.25, -0.2) is 0 Å². The van der Waals surface area contributed by atoms with E-state index in [4.69, 9.17) is 5.73 Å². The molecule has 0 saturated heterocycles. The highest BCUT2D eigenvalue weighted by Crippen LogP contribution is 2.30. The van der Waals surface area contributed by atoms with Gasteiger partial charge >= 0.3 is 6.18 Å². The van der Waals surface area contributed by atoms with Gasteiger partial charge in [-0.15, -0.1) is 0 Å². The molecule has 0 aliphatic carbocycles. The lowest BCUT2D eigenvalue weighted by molar-refractivity contribution is -0.141. The number of aromatic amines is 1. The minimum Gasteiger partial charge on any atom is -0.320 e. The van der Waals surface area contributed by atoms with Crippen molar-refractivity contribution in [3.05, 3.63) is 17.0 Å². The van der Waals surface area contributed by atoms with Crippen LogP contribution in [0.15, 0.2) is 0 Å². The van der Waals surface area contributed by atoms with Gasteiger partial charge in [0.15, 0.2) is 5.69 Å². The first kappa shape index (κ1) is 10.6. The van der Waals surface area contributed by atoms with Gasteiger partial charge in [-0.3, -0.25) is 5.10 Å². The molecule has 14 heavy (non-hydrogen) atoms. The van der Waals surface area contributed by atoms with Crippen molar-refractivity contribution in [1.82, 2.24) is 10.2 Å². The third kappa shape index (κ3) is 2.06. The summed E-state index contributed by atoms with van der Waals surface area (Å²) >= 11 is 0. The van der Waals surface area contributed by atoms with Crippen molar-refractivity contribution in [2.24, 2.45) is 5.73 Å². The van der Waals surface area contributed by atoms with Crippen LogP contribution in [-0.2, 0) is 6.18 Å². The van der Waals surface area contributed by atoms with Crippen LogP contribution in [0, 0.1) is 18.8 Å². The first-order chi connectivity index (χ1) is 6.46. The predicted molar refractivity (Wildman–Crippen MR) is 44.3 cm³/mol. The third-order valence-corrected chi connectivity index (χ3v) is 1.53. The summed E-state index contributed by atoms with van der Waals surface area (Å²) in [6, 6.07) is 0. The number of nitrogens with one attached hydrogen (secondary N) is 1. The zero-order chi connectivity index (χ0) is 10.8. The fourth-order valence-corrected chi connectivity index (χ4v) is 0.927. The van der Waals surface area contributed by atoms with Gasteiger partial charge in [0, 0.05) is 5.69 Å². The summed E-state index contributed by atoms with van der Waals surface area (Å²) in [6.07, 6.45) is -4.48. The maximum atomic E-state index is 12.3. The van der Waals surface area contributed by atoms with Gasteiger partial charge in [0.25, 0.3) is 0 Å². The van der Waals surface area contributed by atoms with Gasteiger partial charge in [0.05, 0.1) is 12.1 Å². The summed E-state index contributed by atoms with van der Waals surface area (Å²) in [5.74, 6) is 4.70. The van der Waals surface area contributed by atoms with Crippen LogP contribution in [0.5, 0.6) is 0 Å². The summed E-state index contributed by atoms with van der Waals surface area (Å²) in [5, 5.41) is 5.39. The van der Waals surface area contributed by atoms with Crippen LogP contribution in [0.3, 0.4) is 0 Å². The first-order valence-electron chi connectivity index (χ1n) is 3.78. The maximum Gasteiger partial charge on any atom is 0.436 e. The summed E-state index contributed by atoms with van der Waals surface area (Å²) < 4.78 is 36.9. The molecule has 1 heterocycles. The van der Waals surface area contributed by atoms with Crippen molar-refractivity contribution in [3.63, 3.8) is 0 Å². The number of hydrogen-bond donors (Lipinski definition) is 2. The molecule has 0 amide bonds. The largest absolute Gasteiger partial charge is 0.436 e. The molecule has 76 valence electrons. The summed E-state index contributed by atoms with van der Waals surface area (Å²) in [6.45, 7) is 1.49. The molecule has 0 fully saturated rings. The van der Waals surface area contributed by atoms with E-state index in [1.807, 2.05) is 0 Å². The molecule has 3 nitrogen and oxygen atoms in total. The van der Waals surface area contributed by atoms with E-state index in [0.717, 1.165) is 0 Å². The van der Waals surface area contributed by atoms with Crippen LogP contribution in [-0.4, -0.2) is 16.7 Å². The number of halogens is 3. The number of aryl methyl sites for hydroxylation is 1. The summed E-state index contributed by atoms with van der Waals surface area (Å²) in [4.78, 5) is 0. The number of hydrogen-bond acceptors (Lipinski definition) is 2. The Bertz CT molecular complexity index is 381. The van der Waals surface area contributed by atoms with E-state index in [1.165, 1.54) is 6.92 Å². The lowest BCUT2D eigenvalue weighted by atomic mass is 10.2. The maximum absolute atomic E-state index is 12.3. The highest BCUT2D eigenvalue weighted by molar-refractivity contribution is 5.42. The van der Waals surface area contributed by atoms with E-state index < -0.39 is 11.9 Å². The number of H-pyrrole nitrogens is 1. The van der Waals surface area contributed by atoms with Gasteiger partial charge in [-0.1, -0.05) is 11.8 Å². The molecule has 0 saturated carbocycles. The topological polar surface area (TPSA) is 54.7 Å². The Morgan fingerprint density at radius 2 is 2.14 bits per heavy atom. The molecule has 0 bridgehead atoms. The molecule has 0 aromatic carbocycles. The molecule has 1 rings (SSSR count). The van der Waals surface area contributed by atoms with Gasteiger partial charge in [-0.05, 0) is 6.92 Å². The van der Waals surface area contributed by atoms with Crippen molar-refractivity contribution < 1.29 is 13.2 Å². The van der Waals surface area contributed by atoms with E-state index in [0.29, 0.717) is 5.69 Å². The van der Waals surface area contributed by atoms with Crippen LogP contribution in [0.1, 0.15) is 17.0 Å². The average molecular weight is 203 g/mol. The highest BCUT2D eigenvalue weighted by Gasteiger charge is 2.37. The molecule has 1 aromatic rings. The third-order valence-electron chi connectivity index (χ3n) is 1.53. The molecule has 1 aromatic heterocycles. The first-order valence-corrected chi connectivity index (χ1v) is 3.78. The lowest BCUT2D eigenvalue weighted by Gasteiger charge is -2.01. The zero-order valence-electron chi connectivity index (χ0n) is 7.37. The van der Waals surface area contributed by atoms with Gasteiger partial charge in [0.1, 0.15) is 0 Å². The van der Waals surface area contributed by atoms with Crippen LogP contribution >= 0.6 is 0 Å². The second kappa shape index (κ2) is 3.72. The fourth-order valence-electron chi connectivity index (χ4n) is 0.927. The Kier molecular flexibility index (Phi) is 2.81. The van der Waals surface area contributed by atoms with Crippen LogP contribution in [0.4, 0.5) is 13.2 Å². The van der Waals surface area contributed by atoms with E-state index in [-0.39, 0.29) is 12.1 Å². The molecule has 0 unspecified atom stereocenters. The molecule has 0 spiro atoms. The smallest absolute Gasteiger partial charge is 0.320 e. The number of alkyl halides is 3. The van der Waals surface area contributed by atoms with E-state index >= 15 is 0 Å². The Morgan fingerprint density at radius 1 is 1.50 bits per heavy atom. The highest BCUT2D eigenvalue weighted by atomic mass is 19.4. The van der Waals surface area contributed by atoms with Crippen molar-refractivity contribution >= 4 is 0 Å². The standard InChI is InChI=1S/C8H8F3N3/c1-5-6(3-2-4-12)7(14-13-5)8(9,10)11/h4,12H2,1H3,(H,13,14). The molecule has 0 aliphatic rings. The normalized spacial score (nSPS) is 10.9. The molecular weight excluding hydrogens is 195 g/mol. The van der Waals surface area contributed by atoms with Gasteiger partial charge in [0.2, 0.25) is 0 Å². The minimum atomic E-state index is -4.48. The van der Waals surface area contributed by atoms with E-state index in [9.17, 15) is 13.2 Å². The van der Waals surface area contributed by atoms with Gasteiger partial charge < -0.3 is 5.73 Å². The van der Waals surface area contributed by atoms with Crippen LogP contribution in [0.2, 0.25) is 0 Å². The Balaban J connectivity index is 3.20. The van der Waals surface area contributed by atoms with Crippen LogP contribution < -0.4 is 5.73 Å². The molecule has 6 heteroatoms. The lowest BCUT2D eigenvalue weighted by Crippen LogP contribution is -2.08. The average Bonchev–Trinajstić information content (AvgIpc) is 2.42. The molecule has 3 N–H and O–H groups in total. The Labute approximate surface area is 78.5 Å². The van der Waals surface area contributed by atoms with Crippen LogP contribution in [0.25, 0.3) is 0 Å². The molecular formula is C8H8F3N3.